The number of ether oxygens (including phenoxy) is 2. The van der Waals surface area contributed by atoms with E-state index in [1.165, 1.54) is 5.69 Å². The largest absolute Gasteiger partial charge is 0.497 e. The van der Waals surface area contributed by atoms with Crippen molar-refractivity contribution in [1.29, 1.82) is 0 Å². The number of benzene rings is 1. The van der Waals surface area contributed by atoms with Crippen LogP contribution in [0.25, 0.3) is 0 Å². The number of nitrogens with one attached hydrogen (secondary N) is 1. The SMILES string of the molecule is CNC1CCN(c2cc(OC)cc(OC)c2)C(C)C1C. The van der Waals surface area contributed by atoms with Crippen molar-refractivity contribution >= 4 is 5.69 Å². The number of nitrogens with zero attached hydrogens (tertiary/aromatic N) is 1. The molecule has 4 nitrogen and oxygen atoms in total. The molecule has 3 unspecified atom stereocenters. The van der Waals surface area contributed by atoms with E-state index in [9.17, 15) is 0 Å². The quantitative estimate of drug-likeness (QED) is 0.917. The summed E-state index contributed by atoms with van der Waals surface area (Å²) >= 11 is 0. The van der Waals surface area contributed by atoms with E-state index in [0.717, 1.165) is 24.5 Å². The van der Waals surface area contributed by atoms with E-state index >= 15 is 0 Å². The van der Waals surface area contributed by atoms with Crippen molar-refractivity contribution in [3.8, 4) is 11.5 Å². The van der Waals surface area contributed by atoms with Crippen LogP contribution in [0.4, 0.5) is 5.69 Å². The van der Waals surface area contributed by atoms with E-state index in [4.69, 9.17) is 9.47 Å². The summed E-state index contributed by atoms with van der Waals surface area (Å²) < 4.78 is 10.7. The van der Waals surface area contributed by atoms with Crippen LogP contribution >= 0.6 is 0 Å². The number of hydrogen-bond acceptors (Lipinski definition) is 4. The molecule has 1 aromatic carbocycles. The third-order valence-corrected chi connectivity index (χ3v) is 4.61. The van der Waals surface area contributed by atoms with Gasteiger partial charge in [-0.2, -0.15) is 0 Å². The Labute approximate surface area is 122 Å². The summed E-state index contributed by atoms with van der Waals surface area (Å²) in [5.41, 5.74) is 1.18. The lowest BCUT2D eigenvalue weighted by molar-refractivity contribution is 0.282. The second kappa shape index (κ2) is 6.35. The summed E-state index contributed by atoms with van der Waals surface area (Å²) in [7, 11) is 5.44. The summed E-state index contributed by atoms with van der Waals surface area (Å²) in [6, 6.07) is 7.17. The summed E-state index contributed by atoms with van der Waals surface area (Å²) in [5, 5.41) is 3.43. The van der Waals surface area contributed by atoms with Gasteiger partial charge >= 0.3 is 0 Å². The van der Waals surface area contributed by atoms with E-state index in [2.05, 4.69) is 43.2 Å². The molecule has 0 amide bonds. The predicted octanol–water partition coefficient (Wildman–Crippen LogP) is 2.53. The van der Waals surface area contributed by atoms with Gasteiger partial charge in [0.25, 0.3) is 0 Å². The Morgan fingerprint density at radius 1 is 1.10 bits per heavy atom. The zero-order valence-electron chi connectivity index (χ0n) is 13.1. The predicted molar refractivity (Wildman–Crippen MR) is 83.0 cm³/mol. The van der Waals surface area contributed by atoms with Crippen LogP contribution < -0.4 is 19.7 Å². The van der Waals surface area contributed by atoms with E-state index in [-0.39, 0.29) is 0 Å². The molecule has 3 atom stereocenters. The average Bonchev–Trinajstić information content (AvgIpc) is 2.49. The van der Waals surface area contributed by atoms with Crippen LogP contribution in [0.3, 0.4) is 0 Å². The van der Waals surface area contributed by atoms with Gasteiger partial charge in [-0.3, -0.25) is 0 Å². The summed E-state index contributed by atoms with van der Waals surface area (Å²) in [4.78, 5) is 2.45. The van der Waals surface area contributed by atoms with Gasteiger partial charge in [0.2, 0.25) is 0 Å². The fourth-order valence-corrected chi connectivity index (χ4v) is 3.09. The van der Waals surface area contributed by atoms with Crippen molar-refractivity contribution in [2.45, 2.75) is 32.4 Å². The number of hydrogen-bond donors (Lipinski definition) is 1. The van der Waals surface area contributed by atoms with E-state index in [1.54, 1.807) is 14.2 Å². The standard InChI is InChI=1S/C16H26N2O2/c1-11-12(2)18(7-6-16(11)17-3)13-8-14(19-4)10-15(9-13)20-5/h8-12,16-17H,6-7H2,1-5H3. The van der Waals surface area contributed by atoms with Gasteiger partial charge in [0.15, 0.2) is 0 Å². The molecule has 20 heavy (non-hydrogen) atoms. The van der Waals surface area contributed by atoms with Crippen molar-refractivity contribution in [3.63, 3.8) is 0 Å². The monoisotopic (exact) mass is 278 g/mol. The molecule has 0 aromatic heterocycles. The average molecular weight is 278 g/mol. The minimum absolute atomic E-state index is 0.484. The van der Waals surface area contributed by atoms with Gasteiger partial charge in [0.05, 0.1) is 14.2 Å². The molecule has 1 aliphatic heterocycles. The highest BCUT2D eigenvalue weighted by Crippen LogP contribution is 2.33. The van der Waals surface area contributed by atoms with Gasteiger partial charge in [-0.05, 0) is 26.3 Å². The lowest BCUT2D eigenvalue weighted by atomic mass is 9.86. The molecule has 0 spiro atoms. The first kappa shape index (κ1) is 15.0. The highest BCUT2D eigenvalue weighted by molar-refractivity contribution is 5.56. The van der Waals surface area contributed by atoms with Crippen molar-refractivity contribution in [3.05, 3.63) is 18.2 Å². The van der Waals surface area contributed by atoms with Crippen molar-refractivity contribution in [2.24, 2.45) is 5.92 Å². The molecule has 1 N–H and O–H groups in total. The second-order valence-electron chi connectivity index (χ2n) is 5.55. The van der Waals surface area contributed by atoms with Crippen molar-refractivity contribution < 1.29 is 9.47 Å². The highest BCUT2D eigenvalue weighted by atomic mass is 16.5. The van der Waals surface area contributed by atoms with Crippen molar-refractivity contribution in [2.75, 3.05) is 32.7 Å². The number of rotatable bonds is 4. The molecule has 1 saturated heterocycles. The molecule has 1 heterocycles. The molecule has 2 rings (SSSR count). The summed E-state index contributed by atoms with van der Waals surface area (Å²) in [6.07, 6.45) is 1.15. The van der Waals surface area contributed by atoms with E-state index in [1.807, 2.05) is 6.07 Å². The fourth-order valence-electron chi connectivity index (χ4n) is 3.09. The molecule has 1 aliphatic rings. The Morgan fingerprint density at radius 2 is 1.70 bits per heavy atom. The highest BCUT2D eigenvalue weighted by Gasteiger charge is 2.31. The molecule has 1 fully saturated rings. The maximum atomic E-state index is 5.37. The van der Waals surface area contributed by atoms with Gasteiger partial charge in [-0.25, -0.2) is 0 Å². The van der Waals surface area contributed by atoms with Crippen LogP contribution in [-0.4, -0.2) is 39.9 Å². The molecular formula is C16H26N2O2. The first-order valence-electron chi connectivity index (χ1n) is 7.27. The van der Waals surface area contributed by atoms with Crippen LogP contribution in [0.1, 0.15) is 20.3 Å². The third-order valence-electron chi connectivity index (χ3n) is 4.61. The van der Waals surface area contributed by atoms with Crippen LogP contribution in [0.5, 0.6) is 11.5 Å². The molecular weight excluding hydrogens is 252 g/mol. The maximum absolute atomic E-state index is 5.37. The van der Waals surface area contributed by atoms with Crippen LogP contribution in [-0.2, 0) is 0 Å². The van der Waals surface area contributed by atoms with Gasteiger partial charge < -0.3 is 19.7 Å². The zero-order chi connectivity index (χ0) is 14.7. The first-order valence-corrected chi connectivity index (χ1v) is 7.27. The minimum atomic E-state index is 0.484. The summed E-state index contributed by atoms with van der Waals surface area (Å²) in [6.45, 7) is 5.66. The Hall–Kier alpha value is -1.42. The van der Waals surface area contributed by atoms with Gasteiger partial charge in [0.1, 0.15) is 11.5 Å². The zero-order valence-corrected chi connectivity index (χ0v) is 13.1. The van der Waals surface area contributed by atoms with E-state index in [0.29, 0.717) is 18.0 Å². The topological polar surface area (TPSA) is 33.7 Å². The van der Waals surface area contributed by atoms with Crippen molar-refractivity contribution in [1.82, 2.24) is 5.32 Å². The Bertz CT molecular complexity index is 428. The van der Waals surface area contributed by atoms with E-state index < -0.39 is 0 Å². The normalized spacial score (nSPS) is 26.4. The Morgan fingerprint density at radius 3 is 2.20 bits per heavy atom. The molecule has 4 heteroatoms. The molecule has 0 radical (unpaired) electrons. The molecule has 0 bridgehead atoms. The number of anilines is 1. The van der Waals surface area contributed by atoms with Gasteiger partial charge in [-0.1, -0.05) is 6.92 Å². The second-order valence-corrected chi connectivity index (χ2v) is 5.55. The third kappa shape index (κ3) is 2.85. The van der Waals surface area contributed by atoms with Crippen LogP contribution in [0.2, 0.25) is 0 Å². The lowest BCUT2D eigenvalue weighted by Crippen LogP contribution is -2.52. The van der Waals surface area contributed by atoms with Gasteiger partial charge in [0, 0.05) is 42.5 Å². The smallest absolute Gasteiger partial charge is 0.124 e. The summed E-state index contributed by atoms with van der Waals surface area (Å²) in [5.74, 6) is 2.29. The number of piperidine rings is 1. The first-order chi connectivity index (χ1) is 9.60. The maximum Gasteiger partial charge on any atom is 0.124 e. The molecule has 0 saturated carbocycles. The minimum Gasteiger partial charge on any atom is -0.497 e. The number of methoxy groups -OCH3 is 2. The fraction of sp³-hybridized carbons (Fsp3) is 0.625. The van der Waals surface area contributed by atoms with Crippen LogP contribution in [0.15, 0.2) is 18.2 Å². The molecule has 112 valence electrons. The molecule has 1 aromatic rings. The lowest BCUT2D eigenvalue weighted by Gasteiger charge is -2.44. The Balaban J connectivity index is 2.27. The Kier molecular flexibility index (Phi) is 4.76. The van der Waals surface area contributed by atoms with Gasteiger partial charge in [-0.15, -0.1) is 0 Å². The molecule has 0 aliphatic carbocycles. The van der Waals surface area contributed by atoms with Crippen LogP contribution in [0, 0.1) is 5.92 Å².